The summed E-state index contributed by atoms with van der Waals surface area (Å²) in [5.41, 5.74) is 0. The van der Waals surface area contributed by atoms with Crippen molar-refractivity contribution in [3.8, 4) is 0 Å². The van der Waals surface area contributed by atoms with Crippen molar-refractivity contribution < 1.29 is 0 Å². The first-order chi connectivity index (χ1) is 11.8. The summed E-state index contributed by atoms with van der Waals surface area (Å²) in [7, 11) is 0. The molecule has 0 saturated carbocycles. The van der Waals surface area contributed by atoms with Gasteiger partial charge >= 0.3 is 0 Å². The second-order valence-electron chi connectivity index (χ2n) is 5.41. The van der Waals surface area contributed by atoms with E-state index in [0.717, 1.165) is 3.53 Å². The topological polar surface area (TPSA) is 0 Å². The summed E-state index contributed by atoms with van der Waals surface area (Å²) in [6.07, 6.45) is 0. The molecule has 0 aliphatic heterocycles. The molecule has 116 valence electrons. The molecule has 0 saturated heterocycles. The van der Waals surface area contributed by atoms with E-state index in [1.807, 2.05) is 0 Å². The number of benzene rings is 4. The molecule has 0 nitrogen and oxygen atoms in total. The summed E-state index contributed by atoms with van der Waals surface area (Å²) >= 11 is 9.01. The lowest BCUT2D eigenvalue weighted by Gasteiger charge is -2.09. The van der Waals surface area contributed by atoms with Crippen LogP contribution in [0.1, 0.15) is 0 Å². The molecule has 0 amide bonds. The Labute approximate surface area is 155 Å². The van der Waals surface area contributed by atoms with Crippen molar-refractivity contribution >= 4 is 60.8 Å². The highest BCUT2D eigenvalue weighted by molar-refractivity contribution is 8.47. The van der Waals surface area contributed by atoms with Crippen molar-refractivity contribution in [3.05, 3.63) is 84.9 Å². The first-order valence-electron chi connectivity index (χ1n) is 7.66. The molecule has 24 heavy (non-hydrogen) atoms. The minimum atomic E-state index is 0.919. The van der Waals surface area contributed by atoms with Crippen molar-refractivity contribution in [1.29, 1.82) is 0 Å². The van der Waals surface area contributed by atoms with Gasteiger partial charge in [-0.05, 0) is 33.7 Å². The monoisotopic (exact) mass is 362 g/mol. The standard InChI is InChI=1S/C21H14S3/c22-21(23-19-13-5-9-15-7-1-3-11-17(15)19)24-20-14-6-10-16-8-2-4-12-18(16)20/h1-14H. The van der Waals surface area contributed by atoms with Gasteiger partial charge in [0.25, 0.3) is 0 Å². The zero-order valence-corrected chi connectivity index (χ0v) is 15.3. The smallest absolute Gasteiger partial charge is 0.0705 e. The van der Waals surface area contributed by atoms with Crippen molar-refractivity contribution in [1.82, 2.24) is 0 Å². The van der Waals surface area contributed by atoms with E-state index in [0.29, 0.717) is 0 Å². The van der Waals surface area contributed by atoms with E-state index in [2.05, 4.69) is 84.9 Å². The Morgan fingerprint density at radius 1 is 0.542 bits per heavy atom. The Morgan fingerprint density at radius 3 is 1.46 bits per heavy atom. The lowest BCUT2D eigenvalue weighted by Crippen LogP contribution is -1.85. The van der Waals surface area contributed by atoms with Crippen LogP contribution in [-0.4, -0.2) is 3.53 Å². The molecule has 0 atom stereocenters. The zero-order chi connectivity index (χ0) is 16.4. The maximum absolute atomic E-state index is 5.67. The van der Waals surface area contributed by atoms with Gasteiger partial charge in [-0.15, -0.1) is 0 Å². The largest absolute Gasteiger partial charge is 0.113 e. The number of thioether (sulfide) groups is 2. The van der Waals surface area contributed by atoms with Gasteiger partial charge in [0.2, 0.25) is 0 Å². The average molecular weight is 363 g/mol. The molecule has 4 aromatic carbocycles. The summed E-state index contributed by atoms with van der Waals surface area (Å²) in [5, 5.41) is 5.01. The molecule has 4 rings (SSSR count). The Morgan fingerprint density at radius 2 is 0.958 bits per heavy atom. The molecule has 0 N–H and O–H groups in total. The van der Waals surface area contributed by atoms with Crippen LogP contribution in [0.25, 0.3) is 21.5 Å². The summed E-state index contributed by atoms with van der Waals surface area (Å²) < 4.78 is 0.919. The van der Waals surface area contributed by atoms with Crippen LogP contribution in [0, 0.1) is 0 Å². The molecule has 0 heterocycles. The predicted molar refractivity (Wildman–Crippen MR) is 112 cm³/mol. The fraction of sp³-hybridized carbons (Fsp3) is 0. The highest BCUT2D eigenvalue weighted by atomic mass is 32.2. The van der Waals surface area contributed by atoms with E-state index in [9.17, 15) is 0 Å². The van der Waals surface area contributed by atoms with Crippen molar-refractivity contribution in [3.63, 3.8) is 0 Å². The number of rotatable bonds is 2. The molecular formula is C21H14S3. The molecule has 0 fully saturated rings. The normalized spacial score (nSPS) is 11.0. The number of thiocarbonyl (C=S) groups is 1. The molecule has 0 aromatic heterocycles. The van der Waals surface area contributed by atoms with Crippen LogP contribution in [-0.2, 0) is 0 Å². The van der Waals surface area contributed by atoms with Crippen LogP contribution in [0.5, 0.6) is 0 Å². The molecule has 0 radical (unpaired) electrons. The minimum Gasteiger partial charge on any atom is -0.0705 e. The van der Waals surface area contributed by atoms with Crippen molar-refractivity contribution in [2.24, 2.45) is 0 Å². The van der Waals surface area contributed by atoms with Gasteiger partial charge in [0.05, 0.1) is 0 Å². The number of hydrogen-bond acceptors (Lipinski definition) is 3. The highest BCUT2D eigenvalue weighted by Gasteiger charge is 2.08. The summed E-state index contributed by atoms with van der Waals surface area (Å²) in [6.45, 7) is 0. The van der Waals surface area contributed by atoms with Gasteiger partial charge in [-0.1, -0.05) is 109 Å². The Kier molecular flexibility index (Phi) is 4.56. The summed E-state index contributed by atoms with van der Waals surface area (Å²) in [6, 6.07) is 29.6. The quantitative estimate of drug-likeness (QED) is 0.274. The number of hydrogen-bond donors (Lipinski definition) is 0. The second kappa shape index (κ2) is 6.98. The lowest BCUT2D eigenvalue weighted by atomic mass is 10.1. The van der Waals surface area contributed by atoms with Crippen molar-refractivity contribution in [2.75, 3.05) is 0 Å². The van der Waals surface area contributed by atoms with Gasteiger partial charge in [-0.25, -0.2) is 0 Å². The Bertz CT molecular complexity index is 943. The SMILES string of the molecule is S=C(Sc1cccc2ccccc12)Sc1cccc2ccccc12. The van der Waals surface area contributed by atoms with Crippen LogP contribution in [0.2, 0.25) is 0 Å². The van der Waals surface area contributed by atoms with Gasteiger partial charge in [-0.2, -0.15) is 0 Å². The van der Waals surface area contributed by atoms with E-state index in [4.69, 9.17) is 12.2 Å². The third kappa shape index (κ3) is 3.20. The molecule has 4 aromatic rings. The molecule has 0 spiro atoms. The van der Waals surface area contributed by atoms with Gasteiger partial charge in [-0.3, -0.25) is 0 Å². The van der Waals surface area contributed by atoms with Gasteiger partial charge in [0, 0.05) is 9.79 Å². The molecule has 0 unspecified atom stereocenters. The van der Waals surface area contributed by atoms with Crippen LogP contribution in [0.3, 0.4) is 0 Å². The van der Waals surface area contributed by atoms with E-state index >= 15 is 0 Å². The third-order valence-corrected chi connectivity index (χ3v) is 6.37. The third-order valence-electron chi connectivity index (χ3n) is 3.89. The maximum Gasteiger partial charge on any atom is 0.113 e. The van der Waals surface area contributed by atoms with Crippen LogP contribution >= 0.6 is 35.7 Å². The summed E-state index contributed by atoms with van der Waals surface area (Å²) in [4.78, 5) is 2.43. The highest BCUT2D eigenvalue weighted by Crippen LogP contribution is 2.37. The van der Waals surface area contributed by atoms with E-state index in [1.54, 1.807) is 23.5 Å². The Hall–Kier alpha value is -1.81. The second-order valence-corrected chi connectivity index (χ2v) is 8.70. The van der Waals surface area contributed by atoms with Crippen LogP contribution in [0.15, 0.2) is 94.7 Å². The Balaban J connectivity index is 1.62. The molecular weight excluding hydrogens is 348 g/mol. The number of fused-ring (bicyclic) bond motifs is 2. The van der Waals surface area contributed by atoms with E-state index in [-0.39, 0.29) is 0 Å². The van der Waals surface area contributed by atoms with Gasteiger partial charge in [0.15, 0.2) is 0 Å². The fourth-order valence-electron chi connectivity index (χ4n) is 2.77. The zero-order valence-electron chi connectivity index (χ0n) is 12.8. The van der Waals surface area contributed by atoms with Crippen molar-refractivity contribution in [2.45, 2.75) is 9.79 Å². The van der Waals surface area contributed by atoms with Crippen LogP contribution < -0.4 is 0 Å². The molecule has 0 aliphatic carbocycles. The molecule has 0 aliphatic rings. The van der Waals surface area contributed by atoms with E-state index in [1.165, 1.54) is 31.3 Å². The van der Waals surface area contributed by atoms with Gasteiger partial charge < -0.3 is 0 Å². The van der Waals surface area contributed by atoms with Crippen LogP contribution in [0.4, 0.5) is 0 Å². The lowest BCUT2D eigenvalue weighted by molar-refractivity contribution is 1.55. The first kappa shape index (κ1) is 15.7. The fourth-order valence-corrected chi connectivity index (χ4v) is 5.26. The molecule has 0 bridgehead atoms. The maximum atomic E-state index is 5.67. The predicted octanol–water partition coefficient (Wildman–Crippen LogP) is 7.16. The molecule has 3 heteroatoms. The average Bonchev–Trinajstić information content (AvgIpc) is 2.62. The first-order valence-corrected chi connectivity index (χ1v) is 9.70. The minimum absolute atomic E-state index is 0.919. The van der Waals surface area contributed by atoms with Gasteiger partial charge in [0.1, 0.15) is 3.53 Å². The summed E-state index contributed by atoms with van der Waals surface area (Å²) in [5.74, 6) is 0. The van der Waals surface area contributed by atoms with E-state index < -0.39 is 0 Å².